The third-order valence-corrected chi connectivity index (χ3v) is 2.59. The van der Waals surface area contributed by atoms with Gasteiger partial charge in [0.2, 0.25) is 0 Å². The van der Waals surface area contributed by atoms with E-state index in [2.05, 4.69) is 13.8 Å². The third kappa shape index (κ3) is 5.20. The second-order valence-electron chi connectivity index (χ2n) is 4.04. The molecule has 1 aromatic rings. The molecule has 0 aliphatic heterocycles. The van der Waals surface area contributed by atoms with Gasteiger partial charge < -0.3 is 15.2 Å². The Morgan fingerprint density at radius 2 is 1.76 bits per heavy atom. The van der Waals surface area contributed by atoms with Crippen molar-refractivity contribution in [2.45, 2.75) is 32.7 Å². The lowest BCUT2D eigenvalue weighted by atomic mass is 10.1. The van der Waals surface area contributed by atoms with Crippen LogP contribution in [0.4, 0.5) is 0 Å². The molecule has 1 rings (SSSR count). The summed E-state index contributed by atoms with van der Waals surface area (Å²) in [5.41, 5.74) is 7.09. The smallest absolute Gasteiger partial charge is 0.119 e. The molecule has 1 atom stereocenters. The first kappa shape index (κ1) is 14.0. The fraction of sp³-hybridized carbons (Fsp3) is 0.571. The second-order valence-corrected chi connectivity index (χ2v) is 4.04. The molecular weight excluding hydrogens is 214 g/mol. The van der Waals surface area contributed by atoms with E-state index in [1.54, 1.807) is 0 Å². The SMILES string of the molecule is CCCOCCOc1ccc([C@H](N)CC)cc1. The lowest BCUT2D eigenvalue weighted by Crippen LogP contribution is -2.09. The number of nitrogens with two attached hydrogens (primary N) is 1. The number of hydrogen-bond acceptors (Lipinski definition) is 3. The van der Waals surface area contributed by atoms with Crippen LogP contribution in [0.1, 0.15) is 38.3 Å². The summed E-state index contributed by atoms with van der Waals surface area (Å²) in [6.45, 7) is 6.22. The molecule has 0 aliphatic rings. The molecule has 0 spiro atoms. The van der Waals surface area contributed by atoms with Gasteiger partial charge in [0.15, 0.2) is 0 Å². The highest BCUT2D eigenvalue weighted by Gasteiger charge is 2.02. The standard InChI is InChI=1S/C14H23NO2/c1-3-9-16-10-11-17-13-7-5-12(6-8-13)14(15)4-2/h5-8,14H,3-4,9-11,15H2,1-2H3/t14-/m1/s1. The average molecular weight is 237 g/mol. The van der Waals surface area contributed by atoms with Crippen LogP contribution in [0.3, 0.4) is 0 Å². The average Bonchev–Trinajstić information content (AvgIpc) is 2.38. The lowest BCUT2D eigenvalue weighted by Gasteiger charge is -2.11. The van der Waals surface area contributed by atoms with Gasteiger partial charge in [-0.1, -0.05) is 26.0 Å². The monoisotopic (exact) mass is 237 g/mol. The minimum atomic E-state index is 0.122. The van der Waals surface area contributed by atoms with Crippen molar-refractivity contribution in [3.8, 4) is 5.75 Å². The van der Waals surface area contributed by atoms with E-state index < -0.39 is 0 Å². The van der Waals surface area contributed by atoms with E-state index in [0.29, 0.717) is 13.2 Å². The first-order valence-corrected chi connectivity index (χ1v) is 6.34. The van der Waals surface area contributed by atoms with Crippen molar-refractivity contribution in [3.63, 3.8) is 0 Å². The number of benzene rings is 1. The molecule has 0 fully saturated rings. The molecule has 0 bridgehead atoms. The van der Waals surface area contributed by atoms with Crippen LogP contribution in [-0.2, 0) is 4.74 Å². The van der Waals surface area contributed by atoms with Crippen molar-refractivity contribution in [2.75, 3.05) is 19.8 Å². The van der Waals surface area contributed by atoms with Crippen molar-refractivity contribution < 1.29 is 9.47 Å². The van der Waals surface area contributed by atoms with Crippen LogP contribution < -0.4 is 10.5 Å². The minimum Gasteiger partial charge on any atom is -0.491 e. The molecule has 2 N–H and O–H groups in total. The van der Waals surface area contributed by atoms with E-state index in [4.69, 9.17) is 15.2 Å². The van der Waals surface area contributed by atoms with Gasteiger partial charge in [-0.15, -0.1) is 0 Å². The summed E-state index contributed by atoms with van der Waals surface area (Å²) < 4.78 is 10.9. The molecule has 0 aliphatic carbocycles. The predicted octanol–water partition coefficient (Wildman–Crippen LogP) is 2.90. The summed E-state index contributed by atoms with van der Waals surface area (Å²) in [7, 11) is 0. The van der Waals surface area contributed by atoms with E-state index in [1.165, 1.54) is 0 Å². The van der Waals surface area contributed by atoms with E-state index in [9.17, 15) is 0 Å². The molecule has 0 aromatic heterocycles. The van der Waals surface area contributed by atoms with Gasteiger partial charge in [0.25, 0.3) is 0 Å². The third-order valence-electron chi connectivity index (χ3n) is 2.59. The molecule has 0 saturated heterocycles. The Morgan fingerprint density at radius 1 is 1.06 bits per heavy atom. The maximum absolute atomic E-state index is 5.94. The molecule has 3 heteroatoms. The van der Waals surface area contributed by atoms with Gasteiger partial charge in [0.05, 0.1) is 6.61 Å². The molecule has 17 heavy (non-hydrogen) atoms. The summed E-state index contributed by atoms with van der Waals surface area (Å²) in [4.78, 5) is 0. The molecule has 96 valence electrons. The maximum atomic E-state index is 5.94. The first-order valence-electron chi connectivity index (χ1n) is 6.34. The van der Waals surface area contributed by atoms with E-state index >= 15 is 0 Å². The van der Waals surface area contributed by atoms with Crippen molar-refractivity contribution in [1.29, 1.82) is 0 Å². The van der Waals surface area contributed by atoms with E-state index in [-0.39, 0.29) is 6.04 Å². The highest BCUT2D eigenvalue weighted by molar-refractivity contribution is 5.28. The van der Waals surface area contributed by atoms with Crippen molar-refractivity contribution in [2.24, 2.45) is 5.73 Å². The molecule has 0 amide bonds. The molecule has 0 heterocycles. The lowest BCUT2D eigenvalue weighted by molar-refractivity contribution is 0.101. The largest absolute Gasteiger partial charge is 0.491 e. The normalized spacial score (nSPS) is 12.4. The number of ether oxygens (including phenoxy) is 2. The molecule has 3 nitrogen and oxygen atoms in total. The van der Waals surface area contributed by atoms with Gasteiger partial charge in [-0.25, -0.2) is 0 Å². The van der Waals surface area contributed by atoms with Crippen LogP contribution in [-0.4, -0.2) is 19.8 Å². The molecular formula is C14H23NO2. The summed E-state index contributed by atoms with van der Waals surface area (Å²) >= 11 is 0. The van der Waals surface area contributed by atoms with Crippen molar-refractivity contribution >= 4 is 0 Å². The zero-order valence-electron chi connectivity index (χ0n) is 10.8. The Kier molecular flexibility index (Phi) is 6.67. The summed E-state index contributed by atoms with van der Waals surface area (Å²) in [6, 6.07) is 8.10. The van der Waals surface area contributed by atoms with Crippen LogP contribution in [0.15, 0.2) is 24.3 Å². The molecule has 1 aromatic carbocycles. The van der Waals surface area contributed by atoms with Crippen LogP contribution in [0.5, 0.6) is 5.75 Å². The Hall–Kier alpha value is -1.06. The van der Waals surface area contributed by atoms with Crippen LogP contribution in [0.2, 0.25) is 0 Å². The van der Waals surface area contributed by atoms with Gasteiger partial charge in [0.1, 0.15) is 12.4 Å². The van der Waals surface area contributed by atoms with Gasteiger partial charge >= 0.3 is 0 Å². The highest BCUT2D eigenvalue weighted by Crippen LogP contribution is 2.18. The Bertz CT molecular complexity index is 298. The van der Waals surface area contributed by atoms with Crippen LogP contribution in [0, 0.1) is 0 Å². The van der Waals surface area contributed by atoms with Gasteiger partial charge in [-0.3, -0.25) is 0 Å². The predicted molar refractivity (Wildman–Crippen MR) is 70.3 cm³/mol. The van der Waals surface area contributed by atoms with E-state index in [0.717, 1.165) is 30.8 Å². The topological polar surface area (TPSA) is 44.5 Å². The Labute approximate surface area is 104 Å². The van der Waals surface area contributed by atoms with Gasteiger partial charge in [-0.05, 0) is 30.5 Å². The van der Waals surface area contributed by atoms with Gasteiger partial charge in [-0.2, -0.15) is 0 Å². The fourth-order valence-electron chi connectivity index (χ4n) is 1.51. The molecule has 0 saturated carbocycles. The van der Waals surface area contributed by atoms with Crippen LogP contribution >= 0.6 is 0 Å². The molecule has 0 unspecified atom stereocenters. The summed E-state index contributed by atoms with van der Waals surface area (Å²) in [6.07, 6.45) is 1.99. The minimum absolute atomic E-state index is 0.122. The van der Waals surface area contributed by atoms with Crippen molar-refractivity contribution in [3.05, 3.63) is 29.8 Å². The zero-order valence-corrected chi connectivity index (χ0v) is 10.8. The zero-order chi connectivity index (χ0) is 12.5. The second kappa shape index (κ2) is 8.09. The highest BCUT2D eigenvalue weighted by atomic mass is 16.5. The van der Waals surface area contributed by atoms with Gasteiger partial charge in [0, 0.05) is 12.6 Å². The fourth-order valence-corrected chi connectivity index (χ4v) is 1.51. The van der Waals surface area contributed by atoms with Crippen LogP contribution in [0.25, 0.3) is 0 Å². The number of hydrogen-bond donors (Lipinski definition) is 1. The Balaban J connectivity index is 2.30. The summed E-state index contributed by atoms with van der Waals surface area (Å²) in [5, 5.41) is 0. The summed E-state index contributed by atoms with van der Waals surface area (Å²) in [5.74, 6) is 0.872. The van der Waals surface area contributed by atoms with E-state index in [1.807, 2.05) is 24.3 Å². The van der Waals surface area contributed by atoms with Crippen molar-refractivity contribution in [1.82, 2.24) is 0 Å². The molecule has 0 radical (unpaired) electrons. The quantitative estimate of drug-likeness (QED) is 0.707. The maximum Gasteiger partial charge on any atom is 0.119 e. The first-order chi connectivity index (χ1) is 8.27. The number of rotatable bonds is 8. The Morgan fingerprint density at radius 3 is 2.35 bits per heavy atom.